The second-order valence-corrected chi connectivity index (χ2v) is 8.26. The molecule has 0 amide bonds. The van der Waals surface area contributed by atoms with Gasteiger partial charge >= 0.3 is 0 Å². The van der Waals surface area contributed by atoms with Crippen molar-refractivity contribution >= 4 is 27.5 Å². The summed E-state index contributed by atoms with van der Waals surface area (Å²) in [5, 5.41) is 0. The van der Waals surface area contributed by atoms with Crippen molar-refractivity contribution in [3.63, 3.8) is 0 Å². The van der Waals surface area contributed by atoms with Crippen LogP contribution in [0.3, 0.4) is 0 Å². The molecule has 6 heteroatoms. The van der Waals surface area contributed by atoms with Crippen LogP contribution in [0, 0.1) is 0 Å². The van der Waals surface area contributed by atoms with Crippen molar-refractivity contribution in [3.05, 3.63) is 24.3 Å². The molecule has 2 rings (SSSR count). The standard InChI is InChI=1S/C14H22N2O2S2/c1-2-13-6-4-8-16(13)20(17,18)10-9-19-14-7-3-5-12(15)11-14/h3,5,7,11,13H,2,4,6,8-10,15H2,1H3. The normalized spacial score (nSPS) is 20.4. The Morgan fingerprint density at radius 1 is 1.45 bits per heavy atom. The summed E-state index contributed by atoms with van der Waals surface area (Å²) in [6.45, 7) is 2.74. The van der Waals surface area contributed by atoms with Gasteiger partial charge in [0.15, 0.2) is 0 Å². The van der Waals surface area contributed by atoms with Crippen LogP contribution in [0.1, 0.15) is 26.2 Å². The number of hydrogen-bond acceptors (Lipinski definition) is 4. The molecular formula is C14H22N2O2S2. The number of anilines is 1. The van der Waals surface area contributed by atoms with E-state index in [9.17, 15) is 8.42 Å². The molecule has 0 bridgehead atoms. The van der Waals surface area contributed by atoms with E-state index >= 15 is 0 Å². The van der Waals surface area contributed by atoms with Crippen LogP contribution in [0.4, 0.5) is 5.69 Å². The summed E-state index contributed by atoms with van der Waals surface area (Å²) in [4.78, 5) is 1.02. The predicted molar refractivity (Wildman–Crippen MR) is 85.4 cm³/mol. The Morgan fingerprint density at radius 3 is 2.95 bits per heavy atom. The Hall–Kier alpha value is -0.720. The molecular weight excluding hydrogens is 292 g/mol. The molecule has 1 atom stereocenters. The van der Waals surface area contributed by atoms with Gasteiger partial charge in [-0.05, 0) is 37.5 Å². The number of benzene rings is 1. The van der Waals surface area contributed by atoms with Crippen LogP contribution in [0.2, 0.25) is 0 Å². The molecule has 0 saturated carbocycles. The molecule has 1 aliphatic heterocycles. The van der Waals surface area contributed by atoms with Gasteiger partial charge in [-0.2, -0.15) is 4.31 Å². The number of nitrogens with zero attached hydrogens (tertiary/aromatic N) is 1. The zero-order valence-electron chi connectivity index (χ0n) is 11.8. The lowest BCUT2D eigenvalue weighted by Gasteiger charge is -2.22. The van der Waals surface area contributed by atoms with E-state index in [1.807, 2.05) is 24.3 Å². The van der Waals surface area contributed by atoms with Gasteiger partial charge in [0.25, 0.3) is 0 Å². The maximum absolute atomic E-state index is 12.3. The van der Waals surface area contributed by atoms with E-state index in [1.54, 1.807) is 16.1 Å². The Balaban J connectivity index is 1.89. The highest BCUT2D eigenvalue weighted by atomic mass is 32.2. The first-order valence-corrected chi connectivity index (χ1v) is 9.60. The number of thioether (sulfide) groups is 1. The Kier molecular flexibility index (Phi) is 5.35. The molecule has 4 nitrogen and oxygen atoms in total. The fourth-order valence-electron chi connectivity index (χ4n) is 2.57. The minimum Gasteiger partial charge on any atom is -0.399 e. The van der Waals surface area contributed by atoms with Crippen molar-refractivity contribution < 1.29 is 8.42 Å². The molecule has 1 aromatic carbocycles. The lowest BCUT2D eigenvalue weighted by atomic mass is 10.2. The highest BCUT2D eigenvalue weighted by molar-refractivity contribution is 8.00. The van der Waals surface area contributed by atoms with Crippen molar-refractivity contribution in [1.82, 2.24) is 4.31 Å². The average Bonchev–Trinajstić information content (AvgIpc) is 2.87. The third kappa shape index (κ3) is 3.90. The van der Waals surface area contributed by atoms with Gasteiger partial charge in [0.2, 0.25) is 10.0 Å². The fraction of sp³-hybridized carbons (Fsp3) is 0.571. The van der Waals surface area contributed by atoms with E-state index in [2.05, 4.69) is 6.92 Å². The first-order valence-electron chi connectivity index (χ1n) is 7.01. The lowest BCUT2D eigenvalue weighted by Crippen LogP contribution is -2.37. The first-order chi connectivity index (χ1) is 9.53. The van der Waals surface area contributed by atoms with Gasteiger partial charge in [-0.25, -0.2) is 8.42 Å². The second kappa shape index (κ2) is 6.83. The van der Waals surface area contributed by atoms with Crippen LogP contribution < -0.4 is 5.73 Å². The predicted octanol–water partition coefficient (Wildman–Crippen LogP) is 2.57. The molecule has 1 saturated heterocycles. The molecule has 2 N–H and O–H groups in total. The summed E-state index contributed by atoms with van der Waals surface area (Å²) >= 11 is 1.54. The molecule has 1 fully saturated rings. The van der Waals surface area contributed by atoms with E-state index in [0.29, 0.717) is 18.0 Å². The number of hydrogen-bond donors (Lipinski definition) is 1. The van der Waals surface area contributed by atoms with Gasteiger partial charge in [0.05, 0.1) is 5.75 Å². The summed E-state index contributed by atoms with van der Waals surface area (Å²) < 4.78 is 26.4. The maximum atomic E-state index is 12.3. The van der Waals surface area contributed by atoms with Crippen LogP contribution in [-0.2, 0) is 10.0 Å². The molecule has 0 aliphatic carbocycles. The minimum atomic E-state index is -3.12. The fourth-order valence-corrected chi connectivity index (χ4v) is 5.73. The summed E-state index contributed by atoms with van der Waals surface area (Å²) in [6, 6.07) is 7.76. The molecule has 0 radical (unpaired) electrons. The molecule has 112 valence electrons. The average molecular weight is 314 g/mol. The van der Waals surface area contributed by atoms with Crippen LogP contribution in [0.25, 0.3) is 0 Å². The van der Waals surface area contributed by atoms with Gasteiger partial charge in [-0.15, -0.1) is 11.8 Å². The molecule has 0 spiro atoms. The SMILES string of the molecule is CCC1CCCN1S(=O)(=O)CCSc1cccc(N)c1. The maximum Gasteiger partial charge on any atom is 0.215 e. The van der Waals surface area contributed by atoms with Crippen molar-refractivity contribution in [1.29, 1.82) is 0 Å². The molecule has 20 heavy (non-hydrogen) atoms. The van der Waals surface area contributed by atoms with Crippen LogP contribution in [0.15, 0.2) is 29.2 Å². The van der Waals surface area contributed by atoms with Crippen molar-refractivity contribution in [2.75, 3.05) is 23.8 Å². The number of rotatable bonds is 6. The van der Waals surface area contributed by atoms with Crippen LogP contribution in [0.5, 0.6) is 0 Å². The van der Waals surface area contributed by atoms with Crippen molar-refractivity contribution in [2.45, 2.75) is 37.1 Å². The van der Waals surface area contributed by atoms with Gasteiger partial charge in [-0.3, -0.25) is 0 Å². The van der Waals surface area contributed by atoms with Crippen molar-refractivity contribution in [3.8, 4) is 0 Å². The van der Waals surface area contributed by atoms with E-state index in [4.69, 9.17) is 5.73 Å². The third-order valence-corrected chi connectivity index (χ3v) is 6.79. The van der Waals surface area contributed by atoms with Gasteiger partial charge < -0.3 is 5.73 Å². The largest absolute Gasteiger partial charge is 0.399 e. The third-order valence-electron chi connectivity index (χ3n) is 3.62. The second-order valence-electron chi connectivity index (χ2n) is 5.05. The summed E-state index contributed by atoms with van der Waals surface area (Å²) in [6.07, 6.45) is 2.89. The lowest BCUT2D eigenvalue weighted by molar-refractivity contribution is 0.380. The number of nitrogen functional groups attached to an aromatic ring is 1. The Bertz CT molecular complexity index is 546. The monoisotopic (exact) mass is 314 g/mol. The minimum absolute atomic E-state index is 0.197. The zero-order chi connectivity index (χ0) is 14.6. The van der Waals surface area contributed by atoms with Gasteiger partial charge in [0, 0.05) is 28.9 Å². The van der Waals surface area contributed by atoms with Gasteiger partial charge in [0.1, 0.15) is 0 Å². The van der Waals surface area contributed by atoms with E-state index in [1.165, 1.54) is 0 Å². The molecule has 1 unspecified atom stereocenters. The highest BCUT2D eigenvalue weighted by Crippen LogP contribution is 2.25. The summed E-state index contributed by atoms with van der Waals surface area (Å²) in [7, 11) is -3.12. The van der Waals surface area contributed by atoms with Gasteiger partial charge in [-0.1, -0.05) is 13.0 Å². The zero-order valence-corrected chi connectivity index (χ0v) is 13.4. The first kappa shape index (κ1) is 15.7. The van der Waals surface area contributed by atoms with Crippen molar-refractivity contribution in [2.24, 2.45) is 0 Å². The van der Waals surface area contributed by atoms with E-state index < -0.39 is 10.0 Å². The summed E-state index contributed by atoms with van der Waals surface area (Å²) in [5.74, 6) is 0.766. The molecule has 1 aromatic rings. The molecule has 1 aliphatic rings. The molecule has 0 aromatic heterocycles. The molecule has 1 heterocycles. The highest BCUT2D eigenvalue weighted by Gasteiger charge is 2.32. The smallest absolute Gasteiger partial charge is 0.215 e. The van der Waals surface area contributed by atoms with E-state index in [0.717, 1.165) is 24.2 Å². The number of sulfonamides is 1. The topological polar surface area (TPSA) is 63.4 Å². The van der Waals surface area contributed by atoms with Crippen LogP contribution in [-0.4, -0.2) is 36.8 Å². The van der Waals surface area contributed by atoms with E-state index in [-0.39, 0.29) is 11.8 Å². The quantitative estimate of drug-likeness (QED) is 0.647. The number of nitrogens with two attached hydrogens (primary N) is 1. The Morgan fingerprint density at radius 2 is 2.25 bits per heavy atom. The van der Waals surface area contributed by atoms with Crippen LogP contribution >= 0.6 is 11.8 Å². The Labute approximate surface area is 125 Å². The summed E-state index contributed by atoms with van der Waals surface area (Å²) in [5.41, 5.74) is 6.42.